The zero-order valence-electron chi connectivity index (χ0n) is 8.23. The van der Waals surface area contributed by atoms with Crippen molar-refractivity contribution < 1.29 is 4.74 Å². The van der Waals surface area contributed by atoms with E-state index in [4.69, 9.17) is 10.5 Å². The first-order valence-electron chi connectivity index (χ1n) is 4.76. The molecule has 1 unspecified atom stereocenters. The average Bonchev–Trinajstić information content (AvgIpc) is 2.56. The molecule has 0 spiro atoms. The molecule has 1 aliphatic heterocycles. The van der Waals surface area contributed by atoms with Crippen LogP contribution >= 0.6 is 0 Å². The number of aryl methyl sites for hydroxylation is 1. The third kappa shape index (κ3) is 1.87. The zero-order chi connectivity index (χ0) is 9.97. The number of rotatable bonds is 2. The van der Waals surface area contributed by atoms with E-state index in [9.17, 15) is 0 Å². The summed E-state index contributed by atoms with van der Waals surface area (Å²) in [5, 5.41) is 0. The highest BCUT2D eigenvalue weighted by Crippen LogP contribution is 2.13. The molecule has 0 fully saturated rings. The number of nitrogens with zero attached hydrogens (tertiary/aromatic N) is 1. The van der Waals surface area contributed by atoms with Gasteiger partial charge in [0, 0.05) is 0 Å². The highest BCUT2D eigenvalue weighted by atomic mass is 16.5. The normalized spacial score (nSPS) is 20.4. The molecule has 1 aliphatic rings. The summed E-state index contributed by atoms with van der Waals surface area (Å²) in [5.41, 5.74) is 8.06. The SMILES string of the molecule is Cc1ccccc1CC1COC(N)=N1. The van der Waals surface area contributed by atoms with Crippen molar-refractivity contribution in [3.63, 3.8) is 0 Å². The van der Waals surface area contributed by atoms with Crippen LogP contribution in [-0.4, -0.2) is 18.7 Å². The van der Waals surface area contributed by atoms with Crippen molar-refractivity contribution in [2.75, 3.05) is 6.61 Å². The Morgan fingerprint density at radius 2 is 2.29 bits per heavy atom. The highest BCUT2D eigenvalue weighted by Gasteiger charge is 2.17. The fourth-order valence-electron chi connectivity index (χ4n) is 1.63. The quantitative estimate of drug-likeness (QED) is 0.763. The van der Waals surface area contributed by atoms with Gasteiger partial charge < -0.3 is 10.5 Å². The minimum atomic E-state index is 0.191. The third-order valence-electron chi connectivity index (χ3n) is 2.45. The molecular weight excluding hydrogens is 176 g/mol. The van der Waals surface area contributed by atoms with Crippen LogP contribution in [-0.2, 0) is 11.2 Å². The van der Waals surface area contributed by atoms with Gasteiger partial charge in [0.15, 0.2) is 0 Å². The summed E-state index contributed by atoms with van der Waals surface area (Å²) >= 11 is 0. The molecule has 1 aromatic carbocycles. The van der Waals surface area contributed by atoms with E-state index in [1.807, 2.05) is 12.1 Å². The standard InChI is InChI=1S/C11H14N2O/c1-8-4-2-3-5-9(8)6-10-7-14-11(12)13-10/h2-5,10H,6-7H2,1H3,(H2,12,13). The van der Waals surface area contributed by atoms with Crippen LogP contribution in [0.15, 0.2) is 29.3 Å². The number of hydrogen-bond donors (Lipinski definition) is 1. The van der Waals surface area contributed by atoms with E-state index in [-0.39, 0.29) is 6.04 Å². The van der Waals surface area contributed by atoms with Crippen LogP contribution in [0.25, 0.3) is 0 Å². The largest absolute Gasteiger partial charge is 0.463 e. The van der Waals surface area contributed by atoms with E-state index < -0.39 is 0 Å². The maximum atomic E-state index is 5.44. The molecule has 0 aliphatic carbocycles. The maximum absolute atomic E-state index is 5.44. The number of hydrogen-bond acceptors (Lipinski definition) is 3. The Bertz CT molecular complexity index is 360. The first kappa shape index (κ1) is 9.06. The van der Waals surface area contributed by atoms with E-state index in [1.165, 1.54) is 11.1 Å². The van der Waals surface area contributed by atoms with E-state index in [1.54, 1.807) is 0 Å². The second-order valence-corrected chi connectivity index (χ2v) is 3.56. The predicted octanol–water partition coefficient (Wildman–Crippen LogP) is 1.25. The number of ether oxygens (including phenoxy) is 1. The second kappa shape index (κ2) is 3.70. The minimum Gasteiger partial charge on any atom is -0.463 e. The van der Waals surface area contributed by atoms with E-state index in [0.717, 1.165) is 6.42 Å². The van der Waals surface area contributed by atoms with Crippen molar-refractivity contribution >= 4 is 6.02 Å². The number of amidine groups is 1. The first-order valence-corrected chi connectivity index (χ1v) is 4.76. The minimum absolute atomic E-state index is 0.191. The Labute approximate surface area is 83.6 Å². The molecular formula is C11H14N2O. The van der Waals surface area contributed by atoms with Crippen LogP contribution in [0, 0.1) is 6.92 Å². The van der Waals surface area contributed by atoms with Gasteiger partial charge in [0.05, 0.1) is 6.04 Å². The molecule has 0 bridgehead atoms. The van der Waals surface area contributed by atoms with Crippen LogP contribution in [0.4, 0.5) is 0 Å². The summed E-state index contributed by atoms with van der Waals surface area (Å²) in [6.07, 6.45) is 0.910. The molecule has 0 amide bonds. The molecule has 74 valence electrons. The van der Waals surface area contributed by atoms with Gasteiger partial charge in [-0.2, -0.15) is 0 Å². The van der Waals surface area contributed by atoms with Crippen LogP contribution in [0.3, 0.4) is 0 Å². The molecule has 0 saturated carbocycles. The van der Waals surface area contributed by atoms with Gasteiger partial charge in [0.2, 0.25) is 0 Å². The highest BCUT2D eigenvalue weighted by molar-refractivity contribution is 5.73. The summed E-state index contributed by atoms with van der Waals surface area (Å²) in [4.78, 5) is 4.20. The molecule has 1 heterocycles. The lowest BCUT2D eigenvalue weighted by Gasteiger charge is -2.07. The molecule has 0 saturated heterocycles. The lowest BCUT2D eigenvalue weighted by atomic mass is 10.0. The molecule has 3 heteroatoms. The zero-order valence-corrected chi connectivity index (χ0v) is 8.23. The van der Waals surface area contributed by atoms with Crippen LogP contribution in [0.1, 0.15) is 11.1 Å². The third-order valence-corrected chi connectivity index (χ3v) is 2.45. The summed E-state index contributed by atoms with van der Waals surface area (Å²) in [7, 11) is 0. The smallest absolute Gasteiger partial charge is 0.282 e. The molecule has 1 aromatic rings. The van der Waals surface area contributed by atoms with Crippen molar-refractivity contribution in [1.29, 1.82) is 0 Å². The summed E-state index contributed by atoms with van der Waals surface area (Å²) in [5.74, 6) is 0. The Balaban J connectivity index is 2.08. The Kier molecular flexibility index (Phi) is 2.39. The lowest BCUT2D eigenvalue weighted by Crippen LogP contribution is -2.11. The van der Waals surface area contributed by atoms with Crippen LogP contribution in [0.5, 0.6) is 0 Å². The van der Waals surface area contributed by atoms with E-state index in [0.29, 0.717) is 12.6 Å². The fourth-order valence-corrected chi connectivity index (χ4v) is 1.63. The Morgan fingerprint density at radius 3 is 2.93 bits per heavy atom. The van der Waals surface area contributed by atoms with Crippen molar-refractivity contribution in [2.24, 2.45) is 10.7 Å². The molecule has 14 heavy (non-hydrogen) atoms. The van der Waals surface area contributed by atoms with E-state index >= 15 is 0 Å². The maximum Gasteiger partial charge on any atom is 0.282 e. The number of aliphatic imine (C=N–C) groups is 1. The van der Waals surface area contributed by atoms with Crippen molar-refractivity contribution in [2.45, 2.75) is 19.4 Å². The summed E-state index contributed by atoms with van der Waals surface area (Å²) < 4.78 is 5.11. The molecule has 0 radical (unpaired) electrons. The molecule has 2 rings (SSSR count). The van der Waals surface area contributed by atoms with Gasteiger partial charge >= 0.3 is 0 Å². The van der Waals surface area contributed by atoms with Gasteiger partial charge in [0.25, 0.3) is 6.02 Å². The second-order valence-electron chi connectivity index (χ2n) is 3.56. The molecule has 1 atom stereocenters. The van der Waals surface area contributed by atoms with Crippen molar-refractivity contribution in [3.8, 4) is 0 Å². The molecule has 0 aromatic heterocycles. The fraction of sp³-hybridized carbons (Fsp3) is 0.364. The van der Waals surface area contributed by atoms with Gasteiger partial charge in [-0.25, -0.2) is 4.99 Å². The van der Waals surface area contributed by atoms with Crippen molar-refractivity contribution in [3.05, 3.63) is 35.4 Å². The van der Waals surface area contributed by atoms with Gasteiger partial charge in [-0.1, -0.05) is 24.3 Å². The monoisotopic (exact) mass is 190 g/mol. The summed E-state index contributed by atoms with van der Waals surface area (Å²) in [6, 6.07) is 8.84. The van der Waals surface area contributed by atoms with Crippen LogP contribution < -0.4 is 5.73 Å². The number of nitrogens with two attached hydrogens (primary N) is 1. The van der Waals surface area contributed by atoms with E-state index in [2.05, 4.69) is 24.0 Å². The molecule has 3 nitrogen and oxygen atoms in total. The molecule has 2 N–H and O–H groups in total. The topological polar surface area (TPSA) is 47.6 Å². The average molecular weight is 190 g/mol. The van der Waals surface area contributed by atoms with Gasteiger partial charge in [-0.3, -0.25) is 0 Å². The van der Waals surface area contributed by atoms with Gasteiger partial charge in [-0.05, 0) is 24.5 Å². The van der Waals surface area contributed by atoms with Crippen molar-refractivity contribution in [1.82, 2.24) is 0 Å². The van der Waals surface area contributed by atoms with Gasteiger partial charge in [-0.15, -0.1) is 0 Å². The van der Waals surface area contributed by atoms with Gasteiger partial charge in [0.1, 0.15) is 6.61 Å². The Hall–Kier alpha value is -1.51. The lowest BCUT2D eigenvalue weighted by molar-refractivity contribution is 0.312. The van der Waals surface area contributed by atoms with Crippen LogP contribution in [0.2, 0.25) is 0 Å². The Morgan fingerprint density at radius 1 is 1.50 bits per heavy atom. The first-order chi connectivity index (χ1) is 6.75. The number of benzene rings is 1. The predicted molar refractivity (Wildman–Crippen MR) is 56.2 cm³/mol. The summed E-state index contributed by atoms with van der Waals surface area (Å²) in [6.45, 7) is 2.72.